The molecule has 1 unspecified atom stereocenters. The van der Waals surface area contributed by atoms with Crippen LogP contribution in [0, 0.1) is 6.92 Å². The number of fused-ring (bicyclic) bond motifs is 1. The SMILES string of the molecule is Cc1ccccc1CSc1nc2c(c(=O)[nH]1)C(c1cccc(Cl)c1Cl)CC(=O)N2. The lowest BCUT2D eigenvalue weighted by Crippen LogP contribution is -2.31. The maximum Gasteiger partial charge on any atom is 0.257 e. The van der Waals surface area contributed by atoms with Crippen molar-refractivity contribution in [2.75, 3.05) is 5.32 Å². The fourth-order valence-corrected chi connectivity index (χ4v) is 4.77. The average Bonchev–Trinajstić information content (AvgIpc) is 2.68. The van der Waals surface area contributed by atoms with Gasteiger partial charge in [0.05, 0.1) is 15.6 Å². The summed E-state index contributed by atoms with van der Waals surface area (Å²) in [5.74, 6) is 0.216. The summed E-state index contributed by atoms with van der Waals surface area (Å²) in [7, 11) is 0. The van der Waals surface area contributed by atoms with E-state index in [-0.39, 0.29) is 23.7 Å². The number of hydrogen-bond acceptors (Lipinski definition) is 4. The highest BCUT2D eigenvalue weighted by Crippen LogP contribution is 2.39. The molecule has 1 aliphatic heterocycles. The number of aromatic nitrogens is 2. The molecule has 29 heavy (non-hydrogen) atoms. The van der Waals surface area contributed by atoms with Crippen LogP contribution in [-0.4, -0.2) is 15.9 Å². The van der Waals surface area contributed by atoms with Gasteiger partial charge in [0.25, 0.3) is 5.56 Å². The molecule has 0 saturated carbocycles. The molecule has 1 amide bonds. The number of amides is 1. The monoisotopic (exact) mass is 445 g/mol. The molecule has 3 aromatic rings. The topological polar surface area (TPSA) is 74.8 Å². The van der Waals surface area contributed by atoms with Gasteiger partial charge in [-0.15, -0.1) is 0 Å². The first kappa shape index (κ1) is 20.0. The Kier molecular flexibility index (Phi) is 5.67. The summed E-state index contributed by atoms with van der Waals surface area (Å²) in [6.07, 6.45) is 0.105. The Labute approximate surface area is 181 Å². The van der Waals surface area contributed by atoms with Crippen molar-refractivity contribution < 1.29 is 4.79 Å². The van der Waals surface area contributed by atoms with Gasteiger partial charge >= 0.3 is 0 Å². The lowest BCUT2D eigenvalue weighted by molar-refractivity contribution is -0.116. The van der Waals surface area contributed by atoms with Gasteiger partial charge in [0, 0.05) is 18.1 Å². The summed E-state index contributed by atoms with van der Waals surface area (Å²) in [4.78, 5) is 32.6. The molecule has 0 saturated heterocycles. The lowest BCUT2D eigenvalue weighted by atomic mass is 9.87. The highest BCUT2D eigenvalue weighted by Gasteiger charge is 2.32. The van der Waals surface area contributed by atoms with Crippen molar-refractivity contribution >= 4 is 46.7 Å². The van der Waals surface area contributed by atoms with Gasteiger partial charge in [0.1, 0.15) is 5.82 Å². The van der Waals surface area contributed by atoms with E-state index < -0.39 is 5.92 Å². The number of anilines is 1. The van der Waals surface area contributed by atoms with Gasteiger partial charge in [-0.1, -0.05) is 71.4 Å². The molecule has 2 aromatic carbocycles. The summed E-state index contributed by atoms with van der Waals surface area (Å²) < 4.78 is 0. The molecule has 5 nitrogen and oxygen atoms in total. The fraction of sp³-hybridized carbons (Fsp3) is 0.190. The number of aryl methyl sites for hydroxylation is 1. The van der Waals surface area contributed by atoms with Gasteiger partial charge < -0.3 is 10.3 Å². The van der Waals surface area contributed by atoms with E-state index in [2.05, 4.69) is 15.3 Å². The molecule has 2 N–H and O–H groups in total. The second-order valence-electron chi connectivity index (χ2n) is 6.80. The number of aromatic amines is 1. The minimum Gasteiger partial charge on any atom is -0.310 e. The first-order chi connectivity index (χ1) is 13.9. The third kappa shape index (κ3) is 4.06. The molecule has 0 radical (unpaired) electrons. The van der Waals surface area contributed by atoms with Crippen LogP contribution in [-0.2, 0) is 10.5 Å². The Bertz CT molecular complexity index is 1160. The molecule has 0 fully saturated rings. The van der Waals surface area contributed by atoms with Crippen molar-refractivity contribution in [3.63, 3.8) is 0 Å². The number of rotatable bonds is 4. The zero-order valence-corrected chi connectivity index (χ0v) is 17.8. The molecule has 148 valence electrons. The van der Waals surface area contributed by atoms with E-state index in [1.807, 2.05) is 31.2 Å². The van der Waals surface area contributed by atoms with Crippen LogP contribution in [0.25, 0.3) is 0 Å². The van der Waals surface area contributed by atoms with E-state index in [0.29, 0.717) is 32.1 Å². The summed E-state index contributed by atoms with van der Waals surface area (Å²) in [6.45, 7) is 2.04. The van der Waals surface area contributed by atoms with Gasteiger partial charge in [0.2, 0.25) is 5.91 Å². The summed E-state index contributed by atoms with van der Waals surface area (Å²) in [6, 6.07) is 13.2. The van der Waals surface area contributed by atoms with E-state index in [4.69, 9.17) is 23.2 Å². The number of nitrogens with zero attached hydrogens (tertiary/aromatic N) is 1. The standard InChI is InChI=1S/C21H17Cl2N3O2S/c1-11-5-2-3-6-12(11)10-29-21-25-19-17(20(28)26-21)14(9-16(27)24-19)13-7-4-8-15(22)18(13)23/h2-8,14H,9-10H2,1H3,(H2,24,25,26,27,28). The van der Waals surface area contributed by atoms with Crippen molar-refractivity contribution in [2.45, 2.75) is 30.2 Å². The lowest BCUT2D eigenvalue weighted by Gasteiger charge is -2.25. The third-order valence-corrected chi connectivity index (χ3v) is 6.67. The van der Waals surface area contributed by atoms with Gasteiger partial charge in [-0.3, -0.25) is 9.59 Å². The molecule has 0 bridgehead atoms. The van der Waals surface area contributed by atoms with E-state index in [1.165, 1.54) is 17.3 Å². The zero-order valence-electron chi connectivity index (χ0n) is 15.5. The Balaban J connectivity index is 1.70. The second-order valence-corrected chi connectivity index (χ2v) is 8.55. The fourth-order valence-electron chi connectivity index (χ4n) is 3.39. The van der Waals surface area contributed by atoms with Crippen molar-refractivity contribution in [2.24, 2.45) is 0 Å². The number of H-pyrrole nitrogens is 1. The number of nitrogens with one attached hydrogen (secondary N) is 2. The van der Waals surface area contributed by atoms with Gasteiger partial charge in [-0.25, -0.2) is 4.98 Å². The molecule has 8 heteroatoms. The van der Waals surface area contributed by atoms with Crippen LogP contribution in [0.5, 0.6) is 0 Å². The average molecular weight is 446 g/mol. The largest absolute Gasteiger partial charge is 0.310 e. The second kappa shape index (κ2) is 8.22. The van der Waals surface area contributed by atoms with Crippen LogP contribution in [0.4, 0.5) is 5.82 Å². The molecule has 2 heterocycles. The summed E-state index contributed by atoms with van der Waals surface area (Å²) in [5.41, 5.74) is 3.08. The first-order valence-corrected chi connectivity index (χ1v) is 10.7. The number of carbonyl (C=O) groups is 1. The Morgan fingerprint density at radius 2 is 1.93 bits per heavy atom. The predicted molar refractivity (Wildman–Crippen MR) is 117 cm³/mol. The number of halogens is 2. The molecule has 1 atom stereocenters. The maximum absolute atomic E-state index is 12.9. The Morgan fingerprint density at radius 3 is 2.72 bits per heavy atom. The van der Waals surface area contributed by atoms with Gasteiger partial charge in [-0.2, -0.15) is 0 Å². The number of hydrogen-bond donors (Lipinski definition) is 2. The van der Waals surface area contributed by atoms with Gasteiger partial charge in [0.15, 0.2) is 5.16 Å². The highest BCUT2D eigenvalue weighted by atomic mass is 35.5. The normalized spacial score (nSPS) is 15.7. The van der Waals surface area contributed by atoms with Crippen LogP contribution in [0.2, 0.25) is 10.0 Å². The van der Waals surface area contributed by atoms with Crippen LogP contribution in [0.15, 0.2) is 52.4 Å². The summed E-state index contributed by atoms with van der Waals surface area (Å²) >= 11 is 13.9. The minimum absolute atomic E-state index is 0.105. The Hall–Kier alpha value is -2.28. The summed E-state index contributed by atoms with van der Waals surface area (Å²) in [5, 5.41) is 3.90. The maximum atomic E-state index is 12.9. The highest BCUT2D eigenvalue weighted by molar-refractivity contribution is 7.98. The van der Waals surface area contributed by atoms with Crippen LogP contribution in [0.3, 0.4) is 0 Å². The predicted octanol–water partition coefficient (Wildman–Crippen LogP) is 5.15. The van der Waals surface area contributed by atoms with E-state index in [9.17, 15) is 9.59 Å². The van der Waals surface area contributed by atoms with Crippen molar-refractivity contribution in [1.82, 2.24) is 9.97 Å². The van der Waals surface area contributed by atoms with Gasteiger partial charge in [-0.05, 0) is 29.7 Å². The minimum atomic E-state index is -0.503. The van der Waals surface area contributed by atoms with Crippen LogP contribution in [0.1, 0.15) is 34.6 Å². The van der Waals surface area contributed by atoms with Crippen molar-refractivity contribution in [3.05, 3.63) is 85.1 Å². The van der Waals surface area contributed by atoms with Crippen molar-refractivity contribution in [1.29, 1.82) is 0 Å². The Morgan fingerprint density at radius 1 is 1.14 bits per heavy atom. The van der Waals surface area contributed by atoms with E-state index >= 15 is 0 Å². The smallest absolute Gasteiger partial charge is 0.257 e. The molecule has 4 rings (SSSR count). The molecule has 1 aromatic heterocycles. The van der Waals surface area contributed by atoms with Crippen molar-refractivity contribution in [3.8, 4) is 0 Å². The third-order valence-electron chi connectivity index (χ3n) is 4.91. The zero-order chi connectivity index (χ0) is 20.5. The van der Waals surface area contributed by atoms with E-state index in [0.717, 1.165) is 5.56 Å². The molecular formula is C21H17Cl2N3O2S. The number of thioether (sulfide) groups is 1. The first-order valence-electron chi connectivity index (χ1n) is 8.99. The number of carbonyl (C=O) groups excluding carboxylic acids is 1. The molecule has 1 aliphatic rings. The van der Waals surface area contributed by atoms with Crippen LogP contribution >= 0.6 is 35.0 Å². The molecule has 0 spiro atoms. The van der Waals surface area contributed by atoms with Crippen LogP contribution < -0.4 is 10.9 Å². The number of benzene rings is 2. The molecular weight excluding hydrogens is 429 g/mol. The molecule has 0 aliphatic carbocycles. The van der Waals surface area contributed by atoms with E-state index in [1.54, 1.807) is 18.2 Å². The quantitative estimate of drug-likeness (QED) is 0.429.